The van der Waals surface area contributed by atoms with Gasteiger partial charge in [-0.1, -0.05) is 31.5 Å². The fourth-order valence-corrected chi connectivity index (χ4v) is 5.55. The van der Waals surface area contributed by atoms with Gasteiger partial charge in [0.25, 0.3) is 0 Å². The van der Waals surface area contributed by atoms with Crippen molar-refractivity contribution in [1.29, 1.82) is 0 Å². The maximum atomic E-state index is 12.9. The summed E-state index contributed by atoms with van der Waals surface area (Å²) in [5.74, 6) is 1.13. The second-order valence-electron chi connectivity index (χ2n) is 7.11. The molecule has 0 heterocycles. The van der Waals surface area contributed by atoms with Crippen LogP contribution in [0.1, 0.15) is 39.0 Å². The number of amides is 1. The second-order valence-corrected chi connectivity index (χ2v) is 8.97. The third kappa shape index (κ3) is 3.43. The van der Waals surface area contributed by atoms with Crippen LogP contribution >= 0.6 is 0 Å². The fraction of sp³-hybridized carbons (Fsp3) is 0.611. The van der Waals surface area contributed by atoms with E-state index in [0.717, 1.165) is 18.6 Å². The molecule has 0 aromatic heterocycles. The molecule has 6 heteroatoms. The number of hydrogen-bond donors (Lipinski definition) is 1. The molecule has 5 nitrogen and oxygen atoms in total. The van der Waals surface area contributed by atoms with E-state index >= 15 is 0 Å². The number of hydrogen-bond acceptors (Lipinski definition) is 3. The van der Waals surface area contributed by atoms with Gasteiger partial charge in [-0.05, 0) is 49.7 Å². The van der Waals surface area contributed by atoms with Crippen LogP contribution in [0, 0.1) is 11.8 Å². The molecule has 0 unspecified atom stereocenters. The minimum absolute atomic E-state index is 0.177. The highest BCUT2D eigenvalue weighted by molar-refractivity contribution is 7.92. The number of carbonyl (C=O) groups is 1. The average Bonchev–Trinajstić information content (AvgIpc) is 3.14. The van der Waals surface area contributed by atoms with E-state index in [-0.39, 0.29) is 11.9 Å². The Hall–Kier alpha value is -1.56. The van der Waals surface area contributed by atoms with Gasteiger partial charge in [0.05, 0.1) is 11.9 Å². The molecule has 2 bridgehead atoms. The lowest BCUT2D eigenvalue weighted by Crippen LogP contribution is -2.52. The van der Waals surface area contributed by atoms with Crippen LogP contribution in [0.4, 0.5) is 5.69 Å². The molecule has 0 aliphatic heterocycles. The van der Waals surface area contributed by atoms with Crippen molar-refractivity contribution in [2.24, 2.45) is 11.8 Å². The number of para-hydroxylation sites is 1. The van der Waals surface area contributed by atoms with Crippen molar-refractivity contribution in [3.63, 3.8) is 0 Å². The van der Waals surface area contributed by atoms with Gasteiger partial charge in [-0.15, -0.1) is 0 Å². The van der Waals surface area contributed by atoms with Gasteiger partial charge in [0.2, 0.25) is 15.9 Å². The average molecular weight is 350 g/mol. The highest BCUT2D eigenvalue weighted by Gasteiger charge is 2.41. The molecule has 2 fully saturated rings. The summed E-state index contributed by atoms with van der Waals surface area (Å²) >= 11 is 0. The molecule has 1 aromatic carbocycles. The zero-order chi connectivity index (χ0) is 17.3. The summed E-state index contributed by atoms with van der Waals surface area (Å²) in [6.07, 6.45) is 6.30. The number of rotatable bonds is 6. The zero-order valence-corrected chi connectivity index (χ0v) is 15.1. The van der Waals surface area contributed by atoms with Gasteiger partial charge in [0.1, 0.15) is 6.04 Å². The highest BCUT2D eigenvalue weighted by atomic mass is 32.2. The van der Waals surface area contributed by atoms with Crippen LogP contribution in [-0.4, -0.2) is 32.7 Å². The second kappa shape index (κ2) is 6.75. The molecular formula is C18H26N2O3S. The predicted molar refractivity (Wildman–Crippen MR) is 95.2 cm³/mol. The van der Waals surface area contributed by atoms with Crippen LogP contribution in [0.15, 0.2) is 30.3 Å². The molecule has 1 amide bonds. The Balaban J connectivity index is 1.80. The maximum Gasteiger partial charge on any atom is 0.244 e. The van der Waals surface area contributed by atoms with Gasteiger partial charge < -0.3 is 5.32 Å². The van der Waals surface area contributed by atoms with Crippen molar-refractivity contribution in [3.8, 4) is 0 Å². The van der Waals surface area contributed by atoms with Crippen LogP contribution in [0.5, 0.6) is 0 Å². The smallest absolute Gasteiger partial charge is 0.244 e. The molecule has 0 spiro atoms. The first-order valence-corrected chi connectivity index (χ1v) is 10.6. The van der Waals surface area contributed by atoms with Crippen molar-refractivity contribution in [1.82, 2.24) is 5.32 Å². The first-order chi connectivity index (χ1) is 11.4. The third-order valence-corrected chi connectivity index (χ3v) is 6.59. The van der Waals surface area contributed by atoms with Crippen molar-refractivity contribution in [2.45, 2.75) is 51.1 Å². The maximum absolute atomic E-state index is 12.9. The molecule has 0 saturated heterocycles. The minimum Gasteiger partial charge on any atom is -0.351 e. The van der Waals surface area contributed by atoms with Crippen molar-refractivity contribution in [2.75, 3.05) is 10.6 Å². The topological polar surface area (TPSA) is 66.5 Å². The van der Waals surface area contributed by atoms with Crippen LogP contribution in [0.3, 0.4) is 0 Å². The number of benzene rings is 1. The Morgan fingerprint density at radius 1 is 1.25 bits per heavy atom. The van der Waals surface area contributed by atoms with E-state index < -0.39 is 16.1 Å². The Morgan fingerprint density at radius 2 is 1.96 bits per heavy atom. The first kappa shape index (κ1) is 17.3. The molecule has 24 heavy (non-hydrogen) atoms. The van der Waals surface area contributed by atoms with Gasteiger partial charge >= 0.3 is 0 Å². The summed E-state index contributed by atoms with van der Waals surface area (Å²) in [4.78, 5) is 12.9. The number of nitrogens with one attached hydrogen (secondary N) is 1. The lowest BCUT2D eigenvalue weighted by atomic mass is 9.95. The molecule has 2 aliphatic rings. The first-order valence-electron chi connectivity index (χ1n) is 8.75. The molecule has 2 aliphatic carbocycles. The van der Waals surface area contributed by atoms with E-state index in [9.17, 15) is 13.2 Å². The normalized spacial score (nSPS) is 27.0. The largest absolute Gasteiger partial charge is 0.351 e. The summed E-state index contributed by atoms with van der Waals surface area (Å²) in [7, 11) is -3.55. The highest BCUT2D eigenvalue weighted by Crippen LogP contribution is 2.44. The molecular weight excluding hydrogens is 324 g/mol. The van der Waals surface area contributed by atoms with Crippen LogP contribution in [-0.2, 0) is 14.8 Å². The van der Waals surface area contributed by atoms with E-state index in [2.05, 4.69) is 5.32 Å². The van der Waals surface area contributed by atoms with Crippen LogP contribution < -0.4 is 9.62 Å². The van der Waals surface area contributed by atoms with E-state index in [1.807, 2.05) is 13.0 Å². The van der Waals surface area contributed by atoms with Gasteiger partial charge in [-0.2, -0.15) is 0 Å². The zero-order valence-electron chi connectivity index (χ0n) is 14.3. The Morgan fingerprint density at radius 3 is 2.46 bits per heavy atom. The quantitative estimate of drug-likeness (QED) is 0.857. The van der Waals surface area contributed by atoms with E-state index in [4.69, 9.17) is 0 Å². The SMILES string of the molecule is CC[C@H](C(=O)N[C@H]1C[C@H]2CC[C@H]1C2)N(c1ccccc1)S(C)(=O)=O. The van der Waals surface area contributed by atoms with Crippen molar-refractivity contribution < 1.29 is 13.2 Å². The lowest BCUT2D eigenvalue weighted by Gasteiger charge is -2.32. The number of carbonyl (C=O) groups excluding carboxylic acids is 1. The summed E-state index contributed by atoms with van der Waals surface area (Å²) in [6.45, 7) is 1.85. The lowest BCUT2D eigenvalue weighted by molar-refractivity contribution is -0.123. The van der Waals surface area contributed by atoms with Gasteiger partial charge in [-0.25, -0.2) is 8.42 Å². The Labute approximate surface area is 144 Å². The molecule has 132 valence electrons. The van der Waals surface area contributed by atoms with E-state index in [1.165, 1.54) is 23.6 Å². The number of fused-ring (bicyclic) bond motifs is 2. The third-order valence-electron chi connectivity index (χ3n) is 5.41. The van der Waals surface area contributed by atoms with E-state index in [0.29, 0.717) is 18.0 Å². The Kier molecular flexibility index (Phi) is 4.85. The Bertz CT molecular complexity index is 689. The summed E-state index contributed by atoms with van der Waals surface area (Å²) < 4.78 is 26.0. The van der Waals surface area contributed by atoms with Gasteiger partial charge in [-0.3, -0.25) is 9.10 Å². The molecule has 1 aromatic rings. The summed E-state index contributed by atoms with van der Waals surface area (Å²) in [6, 6.07) is 8.37. The molecule has 1 N–H and O–H groups in total. The monoisotopic (exact) mass is 350 g/mol. The minimum atomic E-state index is -3.55. The van der Waals surface area contributed by atoms with E-state index in [1.54, 1.807) is 24.3 Å². The van der Waals surface area contributed by atoms with Gasteiger partial charge in [0.15, 0.2) is 0 Å². The predicted octanol–water partition coefficient (Wildman–Crippen LogP) is 2.54. The summed E-state index contributed by atoms with van der Waals surface area (Å²) in [5, 5.41) is 3.14. The molecule has 3 rings (SSSR count). The standard InChI is InChI=1S/C18H26N2O3S/c1-3-17(18(21)19-16-12-13-9-10-14(16)11-13)20(24(2,22)23)15-7-5-4-6-8-15/h4-8,13-14,16-17H,3,9-12H2,1-2H3,(H,19,21)/t13-,14-,16-,17+/m0/s1. The number of nitrogens with zero attached hydrogens (tertiary/aromatic N) is 1. The van der Waals surface area contributed by atoms with Crippen molar-refractivity contribution in [3.05, 3.63) is 30.3 Å². The van der Waals surface area contributed by atoms with Crippen LogP contribution in [0.25, 0.3) is 0 Å². The number of anilines is 1. The molecule has 2 saturated carbocycles. The fourth-order valence-electron chi connectivity index (χ4n) is 4.34. The van der Waals surface area contributed by atoms with Crippen molar-refractivity contribution >= 4 is 21.6 Å². The number of sulfonamides is 1. The van der Waals surface area contributed by atoms with Crippen LogP contribution in [0.2, 0.25) is 0 Å². The molecule has 4 atom stereocenters. The van der Waals surface area contributed by atoms with Gasteiger partial charge in [0, 0.05) is 6.04 Å². The molecule has 0 radical (unpaired) electrons. The summed E-state index contributed by atoms with van der Waals surface area (Å²) in [5.41, 5.74) is 0.537.